The zero-order valence-electron chi connectivity index (χ0n) is 13.8. The van der Waals surface area contributed by atoms with Gasteiger partial charge in [0.1, 0.15) is 6.04 Å². The van der Waals surface area contributed by atoms with E-state index in [1.54, 1.807) is 23.9 Å². The number of nitrogens with one attached hydrogen (secondary N) is 1. The monoisotopic (exact) mass is 318 g/mol. The Morgan fingerprint density at radius 2 is 2.00 bits per heavy atom. The number of nitrogens with zero attached hydrogens (tertiary/aromatic N) is 3. The van der Waals surface area contributed by atoms with Gasteiger partial charge in [-0.2, -0.15) is 5.10 Å². The van der Waals surface area contributed by atoms with Gasteiger partial charge in [0, 0.05) is 17.6 Å². The smallest absolute Gasteiger partial charge is 0.326 e. The summed E-state index contributed by atoms with van der Waals surface area (Å²) in [7, 11) is 0. The topological polar surface area (TPSA) is 97.1 Å². The number of amides is 1. The van der Waals surface area contributed by atoms with E-state index in [1.807, 2.05) is 20.8 Å². The van der Waals surface area contributed by atoms with E-state index in [0.717, 1.165) is 5.39 Å². The molecule has 2 aromatic heterocycles. The Bertz CT molecular complexity index is 723. The molecule has 2 rings (SSSR count). The van der Waals surface area contributed by atoms with Crippen LogP contribution in [-0.2, 0) is 4.79 Å². The van der Waals surface area contributed by atoms with E-state index >= 15 is 0 Å². The molecular weight excluding hydrogens is 296 g/mol. The second-order valence-electron chi connectivity index (χ2n) is 5.99. The number of carboxylic acids is 1. The normalized spacial score (nSPS) is 14.0. The van der Waals surface area contributed by atoms with Gasteiger partial charge < -0.3 is 10.4 Å². The van der Waals surface area contributed by atoms with Crippen LogP contribution >= 0.6 is 0 Å². The number of fused-ring (bicyclic) bond motifs is 1. The van der Waals surface area contributed by atoms with Crippen LogP contribution in [-0.4, -0.2) is 37.8 Å². The van der Waals surface area contributed by atoms with E-state index in [-0.39, 0.29) is 12.0 Å². The Morgan fingerprint density at radius 3 is 2.57 bits per heavy atom. The van der Waals surface area contributed by atoms with Crippen molar-refractivity contribution in [2.24, 2.45) is 5.92 Å². The largest absolute Gasteiger partial charge is 0.480 e. The van der Waals surface area contributed by atoms with Crippen LogP contribution < -0.4 is 5.32 Å². The van der Waals surface area contributed by atoms with E-state index in [4.69, 9.17) is 0 Å². The van der Waals surface area contributed by atoms with Gasteiger partial charge in [0.15, 0.2) is 5.65 Å². The molecule has 0 aliphatic rings. The third-order valence-corrected chi connectivity index (χ3v) is 3.95. The number of aromatic nitrogens is 3. The lowest BCUT2D eigenvalue weighted by Gasteiger charge is -2.20. The van der Waals surface area contributed by atoms with Crippen molar-refractivity contribution >= 4 is 22.9 Å². The molecule has 2 aromatic rings. The Labute approximate surface area is 134 Å². The first kappa shape index (κ1) is 16.9. The van der Waals surface area contributed by atoms with Crippen molar-refractivity contribution in [1.29, 1.82) is 0 Å². The molecule has 0 saturated heterocycles. The minimum Gasteiger partial charge on any atom is -0.480 e. The van der Waals surface area contributed by atoms with Crippen LogP contribution in [0.1, 0.15) is 50.5 Å². The fourth-order valence-corrected chi connectivity index (χ4v) is 2.35. The summed E-state index contributed by atoms with van der Waals surface area (Å²) in [5.74, 6) is -1.63. The predicted molar refractivity (Wildman–Crippen MR) is 86.3 cm³/mol. The highest BCUT2D eigenvalue weighted by Crippen LogP contribution is 2.17. The van der Waals surface area contributed by atoms with E-state index in [9.17, 15) is 14.7 Å². The van der Waals surface area contributed by atoms with Gasteiger partial charge in [0.2, 0.25) is 0 Å². The molecule has 7 nitrogen and oxygen atoms in total. The summed E-state index contributed by atoms with van der Waals surface area (Å²) in [6, 6.07) is 0.932. The number of carbonyl (C=O) groups excluding carboxylic acids is 1. The fraction of sp³-hybridized carbons (Fsp3) is 0.500. The summed E-state index contributed by atoms with van der Waals surface area (Å²) >= 11 is 0. The Kier molecular flexibility index (Phi) is 4.98. The summed E-state index contributed by atoms with van der Waals surface area (Å²) in [6.07, 6.45) is 3.77. The van der Waals surface area contributed by atoms with Crippen molar-refractivity contribution in [2.45, 2.75) is 46.2 Å². The molecule has 7 heteroatoms. The number of aliphatic carboxylic acids is 1. The first-order valence-electron chi connectivity index (χ1n) is 7.72. The van der Waals surface area contributed by atoms with E-state index in [2.05, 4.69) is 15.4 Å². The molecule has 23 heavy (non-hydrogen) atoms. The highest BCUT2D eigenvalue weighted by Gasteiger charge is 2.26. The van der Waals surface area contributed by atoms with Gasteiger partial charge in [0.25, 0.3) is 5.91 Å². The van der Waals surface area contributed by atoms with Gasteiger partial charge in [-0.1, -0.05) is 20.3 Å². The number of carboxylic acid groups (broad SMARTS) is 1. The molecule has 2 N–H and O–H groups in total. The van der Waals surface area contributed by atoms with Crippen LogP contribution in [0.2, 0.25) is 0 Å². The number of rotatable bonds is 6. The van der Waals surface area contributed by atoms with E-state index < -0.39 is 17.9 Å². The SMILES string of the molecule is CCC(C)C(NC(=O)c1cnc2c(cnn2C(C)C)c1)C(=O)O. The maximum absolute atomic E-state index is 12.3. The molecule has 0 radical (unpaired) electrons. The van der Waals surface area contributed by atoms with Crippen LogP contribution in [0.5, 0.6) is 0 Å². The average Bonchev–Trinajstić information content (AvgIpc) is 2.94. The predicted octanol–water partition coefficient (Wildman–Crippen LogP) is 2.24. The lowest BCUT2D eigenvalue weighted by Crippen LogP contribution is -2.45. The highest BCUT2D eigenvalue weighted by atomic mass is 16.4. The zero-order chi connectivity index (χ0) is 17.1. The van der Waals surface area contributed by atoms with Crippen LogP contribution in [0, 0.1) is 5.92 Å². The lowest BCUT2D eigenvalue weighted by atomic mass is 9.99. The van der Waals surface area contributed by atoms with Crippen molar-refractivity contribution in [1.82, 2.24) is 20.1 Å². The summed E-state index contributed by atoms with van der Waals surface area (Å²) in [5, 5.41) is 16.8. The standard InChI is InChI=1S/C16H22N4O3/c1-5-10(4)13(16(22)23)19-15(21)12-6-11-8-18-20(9(2)3)14(11)17-7-12/h6-10,13H,5H2,1-4H3,(H,19,21)(H,22,23). The maximum Gasteiger partial charge on any atom is 0.326 e. The molecule has 124 valence electrons. The van der Waals surface area contributed by atoms with Crippen molar-refractivity contribution in [3.8, 4) is 0 Å². The Hall–Kier alpha value is -2.44. The minimum absolute atomic E-state index is 0.156. The molecule has 1 amide bonds. The summed E-state index contributed by atoms with van der Waals surface area (Å²) < 4.78 is 1.77. The summed E-state index contributed by atoms with van der Waals surface area (Å²) in [4.78, 5) is 27.9. The molecule has 2 atom stereocenters. The van der Waals surface area contributed by atoms with Crippen molar-refractivity contribution in [3.05, 3.63) is 24.0 Å². The first-order chi connectivity index (χ1) is 10.8. The number of hydrogen-bond acceptors (Lipinski definition) is 4. The molecular formula is C16H22N4O3. The molecule has 0 aromatic carbocycles. The molecule has 0 aliphatic heterocycles. The van der Waals surface area contributed by atoms with Crippen LogP contribution in [0.25, 0.3) is 11.0 Å². The second kappa shape index (κ2) is 6.76. The van der Waals surface area contributed by atoms with Crippen LogP contribution in [0.3, 0.4) is 0 Å². The third kappa shape index (κ3) is 3.49. The summed E-state index contributed by atoms with van der Waals surface area (Å²) in [6.45, 7) is 7.69. The minimum atomic E-state index is -1.03. The lowest BCUT2D eigenvalue weighted by molar-refractivity contribution is -0.140. The molecule has 0 spiro atoms. The maximum atomic E-state index is 12.3. The molecule has 0 saturated carbocycles. The molecule has 0 aliphatic carbocycles. The average molecular weight is 318 g/mol. The Morgan fingerprint density at radius 1 is 1.30 bits per heavy atom. The molecule has 2 heterocycles. The van der Waals surface area contributed by atoms with Gasteiger partial charge in [-0.3, -0.25) is 4.79 Å². The van der Waals surface area contributed by atoms with Gasteiger partial charge in [-0.25, -0.2) is 14.5 Å². The van der Waals surface area contributed by atoms with Crippen molar-refractivity contribution < 1.29 is 14.7 Å². The zero-order valence-corrected chi connectivity index (χ0v) is 13.8. The van der Waals surface area contributed by atoms with Gasteiger partial charge in [-0.15, -0.1) is 0 Å². The first-order valence-corrected chi connectivity index (χ1v) is 7.72. The van der Waals surface area contributed by atoms with E-state index in [1.165, 1.54) is 6.20 Å². The van der Waals surface area contributed by atoms with Crippen molar-refractivity contribution in [2.75, 3.05) is 0 Å². The molecule has 0 bridgehead atoms. The number of pyridine rings is 1. The number of carbonyl (C=O) groups is 2. The van der Waals surface area contributed by atoms with Gasteiger partial charge >= 0.3 is 5.97 Å². The Balaban J connectivity index is 2.25. The van der Waals surface area contributed by atoms with E-state index in [0.29, 0.717) is 17.6 Å². The third-order valence-electron chi connectivity index (χ3n) is 3.95. The fourth-order valence-electron chi connectivity index (χ4n) is 2.35. The van der Waals surface area contributed by atoms with Crippen molar-refractivity contribution in [3.63, 3.8) is 0 Å². The van der Waals surface area contributed by atoms with Crippen LogP contribution in [0.4, 0.5) is 0 Å². The summed E-state index contributed by atoms with van der Waals surface area (Å²) in [5.41, 5.74) is 1.03. The molecule has 2 unspecified atom stereocenters. The quantitative estimate of drug-likeness (QED) is 0.851. The van der Waals surface area contributed by atoms with Gasteiger partial charge in [-0.05, 0) is 25.8 Å². The number of hydrogen-bond donors (Lipinski definition) is 2. The van der Waals surface area contributed by atoms with Gasteiger partial charge in [0.05, 0.1) is 11.8 Å². The highest BCUT2D eigenvalue weighted by molar-refractivity contribution is 5.98. The molecule has 0 fully saturated rings. The van der Waals surface area contributed by atoms with Crippen LogP contribution in [0.15, 0.2) is 18.5 Å². The second-order valence-corrected chi connectivity index (χ2v) is 5.99.